The van der Waals surface area contributed by atoms with E-state index in [9.17, 15) is 4.79 Å². The minimum absolute atomic E-state index is 0.176. The van der Waals surface area contributed by atoms with Gasteiger partial charge in [0.25, 0.3) is 0 Å². The molecule has 1 aromatic carbocycles. The summed E-state index contributed by atoms with van der Waals surface area (Å²) in [5.41, 5.74) is 2.41. The van der Waals surface area contributed by atoms with Crippen LogP contribution in [0.2, 0.25) is 0 Å². The molecule has 1 fully saturated rings. The van der Waals surface area contributed by atoms with Gasteiger partial charge >= 0.3 is 5.97 Å². The molecule has 1 aliphatic heterocycles. The lowest BCUT2D eigenvalue weighted by atomic mass is 10.0. The van der Waals surface area contributed by atoms with E-state index in [2.05, 4.69) is 0 Å². The summed E-state index contributed by atoms with van der Waals surface area (Å²) in [6.45, 7) is 8.20. The Kier molecular flexibility index (Phi) is 3.70. The second kappa shape index (κ2) is 5.41. The molecule has 118 valence electrons. The molecule has 1 saturated heterocycles. The van der Waals surface area contributed by atoms with E-state index in [1.54, 1.807) is 6.92 Å². The summed E-state index contributed by atoms with van der Waals surface area (Å²) in [4.78, 5) is 12.0. The first-order valence-electron chi connectivity index (χ1n) is 7.44. The molecular formula is C17H20O5. The van der Waals surface area contributed by atoms with Gasteiger partial charge in [-0.1, -0.05) is 12.1 Å². The van der Waals surface area contributed by atoms with Crippen molar-refractivity contribution in [3.8, 4) is 0 Å². The molecule has 5 nitrogen and oxygen atoms in total. The molecule has 1 atom stereocenters. The Bertz CT molecular complexity index is 713. The summed E-state index contributed by atoms with van der Waals surface area (Å²) in [5, 5.41) is 0.900. The van der Waals surface area contributed by atoms with Gasteiger partial charge < -0.3 is 18.6 Å². The predicted molar refractivity (Wildman–Crippen MR) is 80.8 cm³/mol. The van der Waals surface area contributed by atoms with Crippen LogP contribution in [0.15, 0.2) is 22.6 Å². The Balaban J connectivity index is 2.07. The molecule has 0 spiro atoms. The number of furan rings is 1. The van der Waals surface area contributed by atoms with Gasteiger partial charge in [0.2, 0.25) is 5.76 Å². The molecule has 0 N–H and O–H groups in total. The molecule has 3 rings (SSSR count). The van der Waals surface area contributed by atoms with Crippen molar-refractivity contribution < 1.29 is 23.4 Å². The monoisotopic (exact) mass is 304 g/mol. The van der Waals surface area contributed by atoms with Gasteiger partial charge in [0.05, 0.1) is 13.2 Å². The number of aryl methyl sites for hydroxylation is 1. The maximum atomic E-state index is 12.0. The predicted octanol–water partition coefficient (Wildman–Crippen LogP) is 3.74. The van der Waals surface area contributed by atoms with E-state index < -0.39 is 11.8 Å². The second-order valence-electron chi connectivity index (χ2n) is 5.81. The molecule has 0 amide bonds. The standard InChI is InChI=1S/C17H20O5/c1-5-19-16(18)15-10(2)14-11(7-6-8-12(14)21-15)13-9-20-17(3,4)22-13/h6-8,13H,5,9H2,1-4H3. The van der Waals surface area contributed by atoms with Crippen molar-refractivity contribution in [1.29, 1.82) is 0 Å². The zero-order chi connectivity index (χ0) is 15.9. The van der Waals surface area contributed by atoms with Gasteiger partial charge in [-0.05, 0) is 39.3 Å². The Morgan fingerprint density at radius 2 is 2.18 bits per heavy atom. The lowest BCUT2D eigenvalue weighted by molar-refractivity contribution is -0.138. The molecule has 2 aromatic rings. The molecule has 0 radical (unpaired) electrons. The zero-order valence-corrected chi connectivity index (χ0v) is 13.3. The van der Waals surface area contributed by atoms with Gasteiger partial charge in [0.1, 0.15) is 11.7 Å². The highest BCUT2D eigenvalue weighted by molar-refractivity contribution is 5.97. The molecule has 1 aromatic heterocycles. The summed E-state index contributed by atoms with van der Waals surface area (Å²) < 4.78 is 22.3. The average molecular weight is 304 g/mol. The molecule has 22 heavy (non-hydrogen) atoms. The van der Waals surface area contributed by atoms with Crippen LogP contribution in [-0.2, 0) is 14.2 Å². The summed E-state index contributed by atoms with van der Waals surface area (Å²) in [6, 6.07) is 5.72. The Morgan fingerprint density at radius 1 is 1.41 bits per heavy atom. The fourth-order valence-electron chi connectivity index (χ4n) is 2.83. The summed E-state index contributed by atoms with van der Waals surface area (Å²) in [5.74, 6) is -0.789. The Labute approximate surface area is 129 Å². The number of ether oxygens (including phenoxy) is 3. The molecule has 2 heterocycles. The first-order chi connectivity index (χ1) is 10.4. The third-order valence-electron chi connectivity index (χ3n) is 3.80. The summed E-state index contributed by atoms with van der Waals surface area (Å²) in [7, 11) is 0. The Morgan fingerprint density at radius 3 is 2.82 bits per heavy atom. The van der Waals surface area contributed by atoms with Gasteiger partial charge in [-0.15, -0.1) is 0 Å². The molecular weight excluding hydrogens is 284 g/mol. The first kappa shape index (κ1) is 15.1. The largest absolute Gasteiger partial charge is 0.460 e. The summed E-state index contributed by atoms with van der Waals surface area (Å²) in [6.07, 6.45) is -0.176. The lowest BCUT2D eigenvalue weighted by Gasteiger charge is -2.17. The smallest absolute Gasteiger partial charge is 0.374 e. The van der Waals surface area contributed by atoms with E-state index in [1.165, 1.54) is 0 Å². The maximum absolute atomic E-state index is 12.0. The van der Waals surface area contributed by atoms with Crippen molar-refractivity contribution in [2.75, 3.05) is 13.2 Å². The molecule has 5 heteroatoms. The zero-order valence-electron chi connectivity index (χ0n) is 13.3. The van der Waals surface area contributed by atoms with Gasteiger partial charge in [-0.3, -0.25) is 0 Å². The second-order valence-corrected chi connectivity index (χ2v) is 5.81. The van der Waals surface area contributed by atoms with Gasteiger partial charge in [-0.2, -0.15) is 0 Å². The third kappa shape index (κ3) is 2.51. The van der Waals surface area contributed by atoms with E-state index in [0.717, 1.165) is 16.5 Å². The van der Waals surface area contributed by atoms with E-state index >= 15 is 0 Å². The summed E-state index contributed by atoms with van der Waals surface area (Å²) >= 11 is 0. The van der Waals surface area contributed by atoms with Crippen molar-refractivity contribution in [2.24, 2.45) is 0 Å². The van der Waals surface area contributed by atoms with E-state index in [4.69, 9.17) is 18.6 Å². The van der Waals surface area contributed by atoms with Crippen molar-refractivity contribution in [3.63, 3.8) is 0 Å². The topological polar surface area (TPSA) is 57.9 Å². The normalized spacial score (nSPS) is 20.5. The van der Waals surface area contributed by atoms with Crippen LogP contribution in [-0.4, -0.2) is 25.0 Å². The van der Waals surface area contributed by atoms with Crippen LogP contribution in [0.4, 0.5) is 0 Å². The SMILES string of the molecule is CCOC(=O)c1oc2cccc(C3COC(C)(C)O3)c2c1C. The highest BCUT2D eigenvalue weighted by Crippen LogP contribution is 2.38. The number of carbonyl (C=O) groups excluding carboxylic acids is 1. The minimum atomic E-state index is -0.603. The maximum Gasteiger partial charge on any atom is 0.374 e. The van der Waals surface area contributed by atoms with Crippen LogP contribution < -0.4 is 0 Å². The van der Waals surface area contributed by atoms with Crippen LogP contribution >= 0.6 is 0 Å². The van der Waals surface area contributed by atoms with Gasteiger partial charge in [0, 0.05) is 10.9 Å². The van der Waals surface area contributed by atoms with Crippen LogP contribution in [0.3, 0.4) is 0 Å². The van der Waals surface area contributed by atoms with Crippen molar-refractivity contribution >= 4 is 16.9 Å². The lowest BCUT2D eigenvalue weighted by Crippen LogP contribution is -2.19. The molecule has 1 aliphatic rings. The molecule has 0 saturated carbocycles. The van der Waals surface area contributed by atoms with E-state index in [-0.39, 0.29) is 11.9 Å². The third-order valence-corrected chi connectivity index (χ3v) is 3.80. The number of esters is 1. The molecule has 0 bridgehead atoms. The first-order valence-corrected chi connectivity index (χ1v) is 7.44. The highest BCUT2D eigenvalue weighted by Gasteiger charge is 2.35. The Hall–Kier alpha value is -1.85. The number of rotatable bonds is 3. The van der Waals surface area contributed by atoms with Crippen LogP contribution in [0.1, 0.15) is 48.6 Å². The van der Waals surface area contributed by atoms with Crippen LogP contribution in [0, 0.1) is 6.92 Å². The number of fused-ring (bicyclic) bond motifs is 1. The number of carbonyl (C=O) groups is 1. The molecule has 0 aliphatic carbocycles. The quantitative estimate of drug-likeness (QED) is 0.808. The van der Waals surface area contributed by atoms with Crippen LogP contribution in [0.25, 0.3) is 11.0 Å². The van der Waals surface area contributed by atoms with E-state index in [0.29, 0.717) is 18.8 Å². The van der Waals surface area contributed by atoms with Crippen molar-refractivity contribution in [2.45, 2.75) is 39.6 Å². The van der Waals surface area contributed by atoms with Gasteiger partial charge in [0.15, 0.2) is 5.79 Å². The number of benzene rings is 1. The van der Waals surface area contributed by atoms with Crippen molar-refractivity contribution in [1.82, 2.24) is 0 Å². The van der Waals surface area contributed by atoms with Gasteiger partial charge in [-0.25, -0.2) is 4.79 Å². The van der Waals surface area contributed by atoms with Crippen molar-refractivity contribution in [3.05, 3.63) is 35.1 Å². The number of hydrogen-bond acceptors (Lipinski definition) is 5. The molecule has 1 unspecified atom stereocenters. The highest BCUT2D eigenvalue weighted by atomic mass is 16.7. The fraction of sp³-hybridized carbons (Fsp3) is 0.471. The fourth-order valence-corrected chi connectivity index (χ4v) is 2.83. The number of hydrogen-bond donors (Lipinski definition) is 0. The van der Waals surface area contributed by atoms with Crippen LogP contribution in [0.5, 0.6) is 0 Å². The average Bonchev–Trinajstić information content (AvgIpc) is 3.00. The van der Waals surface area contributed by atoms with E-state index in [1.807, 2.05) is 39.0 Å². The minimum Gasteiger partial charge on any atom is -0.460 e.